The van der Waals surface area contributed by atoms with E-state index in [0.29, 0.717) is 23.6 Å². The quantitative estimate of drug-likeness (QED) is 0.413. The van der Waals surface area contributed by atoms with Crippen LogP contribution in [0.2, 0.25) is 0 Å². The van der Waals surface area contributed by atoms with Gasteiger partial charge in [0.05, 0.1) is 16.6 Å². The van der Waals surface area contributed by atoms with Crippen LogP contribution in [0.1, 0.15) is 18.1 Å². The lowest BCUT2D eigenvalue weighted by Crippen LogP contribution is -2.31. The Labute approximate surface area is 179 Å². The number of nitrogens with one attached hydrogen (secondary N) is 2. The number of nitrogens with zero attached hydrogens (tertiary/aromatic N) is 2. The largest absolute Gasteiger partial charge is 0.489 e. The molecule has 1 unspecified atom stereocenters. The minimum Gasteiger partial charge on any atom is -0.489 e. The standard InChI is InChI=1S/C23H20N4O4/c1-16(23(28)26-20-6-3-7-21(13-20)27(29)30)25-19-8-10-22(11-9-19)31-15-18-5-2-4-17(12-18)14-24/h2-13,16,25H,15H2,1H3,(H,26,28). The summed E-state index contributed by atoms with van der Waals surface area (Å²) in [5.41, 5.74) is 2.47. The Kier molecular flexibility index (Phi) is 6.81. The van der Waals surface area contributed by atoms with Crippen LogP contribution in [0.5, 0.6) is 5.75 Å². The second-order valence-corrected chi connectivity index (χ2v) is 6.79. The highest BCUT2D eigenvalue weighted by molar-refractivity contribution is 5.96. The number of ether oxygens (including phenoxy) is 1. The van der Waals surface area contributed by atoms with E-state index in [9.17, 15) is 14.9 Å². The smallest absolute Gasteiger partial charge is 0.271 e. The van der Waals surface area contributed by atoms with E-state index in [1.807, 2.05) is 12.1 Å². The van der Waals surface area contributed by atoms with Crippen LogP contribution >= 0.6 is 0 Å². The van der Waals surface area contributed by atoms with E-state index in [-0.39, 0.29) is 11.6 Å². The molecule has 1 atom stereocenters. The van der Waals surface area contributed by atoms with Crippen molar-refractivity contribution in [3.63, 3.8) is 0 Å². The third kappa shape index (κ3) is 6.05. The van der Waals surface area contributed by atoms with Gasteiger partial charge in [-0.3, -0.25) is 14.9 Å². The van der Waals surface area contributed by atoms with Crippen LogP contribution in [0.25, 0.3) is 0 Å². The van der Waals surface area contributed by atoms with Gasteiger partial charge in [-0.15, -0.1) is 0 Å². The van der Waals surface area contributed by atoms with Crippen molar-refractivity contribution in [3.8, 4) is 11.8 Å². The van der Waals surface area contributed by atoms with Gasteiger partial charge >= 0.3 is 0 Å². The molecule has 8 heteroatoms. The molecule has 0 saturated carbocycles. The van der Waals surface area contributed by atoms with Crippen LogP contribution in [-0.4, -0.2) is 16.9 Å². The van der Waals surface area contributed by atoms with Crippen molar-refractivity contribution in [2.24, 2.45) is 0 Å². The molecule has 0 aliphatic carbocycles. The summed E-state index contributed by atoms with van der Waals surface area (Å²) in [6.07, 6.45) is 0. The van der Waals surface area contributed by atoms with Gasteiger partial charge in [-0.05, 0) is 55.0 Å². The van der Waals surface area contributed by atoms with Crippen LogP contribution in [0.4, 0.5) is 17.1 Å². The van der Waals surface area contributed by atoms with Gasteiger partial charge in [-0.1, -0.05) is 18.2 Å². The Bertz CT molecular complexity index is 1120. The molecule has 0 heterocycles. The maximum absolute atomic E-state index is 12.4. The fourth-order valence-electron chi connectivity index (χ4n) is 2.81. The van der Waals surface area contributed by atoms with Gasteiger partial charge in [0.2, 0.25) is 5.91 Å². The van der Waals surface area contributed by atoms with E-state index >= 15 is 0 Å². The number of anilines is 2. The van der Waals surface area contributed by atoms with Crippen LogP contribution in [0.3, 0.4) is 0 Å². The first-order chi connectivity index (χ1) is 14.9. The number of carbonyl (C=O) groups excluding carboxylic acids is 1. The highest BCUT2D eigenvalue weighted by Crippen LogP contribution is 2.20. The van der Waals surface area contributed by atoms with E-state index in [1.54, 1.807) is 49.4 Å². The molecule has 1 amide bonds. The molecule has 0 fully saturated rings. The monoisotopic (exact) mass is 416 g/mol. The highest BCUT2D eigenvalue weighted by Gasteiger charge is 2.14. The number of nitriles is 1. The van der Waals surface area contributed by atoms with Crippen molar-refractivity contribution in [1.82, 2.24) is 0 Å². The molecule has 8 nitrogen and oxygen atoms in total. The minimum atomic E-state index is -0.570. The molecule has 3 rings (SSSR count). The van der Waals surface area contributed by atoms with Gasteiger partial charge in [0.15, 0.2) is 0 Å². The van der Waals surface area contributed by atoms with Crippen molar-refractivity contribution in [1.29, 1.82) is 5.26 Å². The van der Waals surface area contributed by atoms with Gasteiger partial charge < -0.3 is 15.4 Å². The Balaban J connectivity index is 1.53. The lowest BCUT2D eigenvalue weighted by atomic mass is 10.1. The molecule has 2 N–H and O–H groups in total. The summed E-state index contributed by atoms with van der Waals surface area (Å²) in [6.45, 7) is 2.03. The number of nitro groups is 1. The Morgan fingerprint density at radius 3 is 2.55 bits per heavy atom. The summed E-state index contributed by atoms with van der Waals surface area (Å²) in [5, 5.41) is 25.5. The Morgan fingerprint density at radius 1 is 1.10 bits per heavy atom. The van der Waals surface area contributed by atoms with Crippen molar-refractivity contribution in [2.45, 2.75) is 19.6 Å². The van der Waals surface area contributed by atoms with E-state index in [1.165, 1.54) is 18.2 Å². The highest BCUT2D eigenvalue weighted by atomic mass is 16.6. The molecule has 0 aliphatic rings. The average molecular weight is 416 g/mol. The summed E-state index contributed by atoms with van der Waals surface area (Å²) in [5.74, 6) is 0.333. The predicted octanol–water partition coefficient (Wildman–Crippen LogP) is 4.48. The number of non-ortho nitro benzene ring substituents is 1. The van der Waals surface area contributed by atoms with Gasteiger partial charge in [-0.25, -0.2) is 0 Å². The first-order valence-corrected chi connectivity index (χ1v) is 9.48. The summed E-state index contributed by atoms with van der Waals surface area (Å²) in [7, 11) is 0. The van der Waals surface area contributed by atoms with E-state index in [4.69, 9.17) is 10.00 Å². The lowest BCUT2D eigenvalue weighted by molar-refractivity contribution is -0.384. The second-order valence-electron chi connectivity index (χ2n) is 6.79. The molecular weight excluding hydrogens is 396 g/mol. The van der Waals surface area contributed by atoms with Crippen LogP contribution < -0.4 is 15.4 Å². The summed E-state index contributed by atoms with van der Waals surface area (Å²) >= 11 is 0. The van der Waals surface area contributed by atoms with Gasteiger partial charge in [0.25, 0.3) is 5.69 Å². The zero-order chi connectivity index (χ0) is 22.2. The zero-order valence-electron chi connectivity index (χ0n) is 16.7. The second kappa shape index (κ2) is 9.89. The molecule has 156 valence electrons. The zero-order valence-corrected chi connectivity index (χ0v) is 16.7. The topological polar surface area (TPSA) is 117 Å². The molecule has 0 aromatic heterocycles. The van der Waals surface area contributed by atoms with Crippen molar-refractivity contribution >= 4 is 23.0 Å². The number of carbonyl (C=O) groups is 1. The SMILES string of the molecule is CC(Nc1ccc(OCc2cccc(C#N)c2)cc1)C(=O)Nc1cccc([N+](=O)[O-])c1. The Hall–Kier alpha value is -4.38. The number of hydrogen-bond acceptors (Lipinski definition) is 6. The summed E-state index contributed by atoms with van der Waals surface area (Å²) in [6, 6.07) is 21.7. The molecule has 31 heavy (non-hydrogen) atoms. The number of benzene rings is 3. The maximum Gasteiger partial charge on any atom is 0.271 e. The van der Waals surface area contributed by atoms with E-state index < -0.39 is 11.0 Å². The van der Waals surface area contributed by atoms with Crippen LogP contribution in [0, 0.1) is 21.4 Å². The minimum absolute atomic E-state index is 0.0895. The fraction of sp³-hybridized carbons (Fsp3) is 0.130. The van der Waals surface area contributed by atoms with Crippen molar-refractivity contribution < 1.29 is 14.5 Å². The lowest BCUT2D eigenvalue weighted by Gasteiger charge is -2.16. The molecule has 0 spiro atoms. The number of hydrogen-bond donors (Lipinski definition) is 2. The maximum atomic E-state index is 12.4. The molecule has 3 aromatic carbocycles. The third-order valence-corrected chi connectivity index (χ3v) is 4.42. The number of nitro benzene ring substituents is 1. The van der Waals surface area contributed by atoms with Crippen molar-refractivity contribution in [3.05, 3.63) is 94.0 Å². The van der Waals surface area contributed by atoms with E-state index in [2.05, 4.69) is 16.7 Å². The predicted molar refractivity (Wildman–Crippen MR) is 117 cm³/mol. The molecule has 0 bridgehead atoms. The molecule has 0 saturated heterocycles. The van der Waals surface area contributed by atoms with Crippen LogP contribution in [-0.2, 0) is 11.4 Å². The molecule has 0 radical (unpaired) electrons. The molecule has 3 aromatic rings. The first kappa shape index (κ1) is 21.3. The normalized spacial score (nSPS) is 11.1. The van der Waals surface area contributed by atoms with Gasteiger partial charge in [-0.2, -0.15) is 5.26 Å². The number of amides is 1. The molecule has 0 aliphatic heterocycles. The summed E-state index contributed by atoms with van der Waals surface area (Å²) in [4.78, 5) is 22.7. The van der Waals surface area contributed by atoms with Gasteiger partial charge in [0.1, 0.15) is 18.4 Å². The first-order valence-electron chi connectivity index (χ1n) is 9.48. The third-order valence-electron chi connectivity index (χ3n) is 4.42. The van der Waals surface area contributed by atoms with Crippen molar-refractivity contribution in [2.75, 3.05) is 10.6 Å². The fourth-order valence-corrected chi connectivity index (χ4v) is 2.81. The number of rotatable bonds is 8. The van der Waals surface area contributed by atoms with E-state index in [0.717, 1.165) is 11.3 Å². The molecular formula is C23H20N4O4. The average Bonchev–Trinajstić information content (AvgIpc) is 2.79. The Morgan fingerprint density at radius 2 is 1.84 bits per heavy atom. The summed E-state index contributed by atoms with van der Waals surface area (Å²) < 4.78 is 5.74. The van der Waals surface area contributed by atoms with Gasteiger partial charge in [0, 0.05) is 23.5 Å². The van der Waals surface area contributed by atoms with Crippen LogP contribution in [0.15, 0.2) is 72.8 Å².